The summed E-state index contributed by atoms with van der Waals surface area (Å²) in [6.45, 7) is 5.55. The third-order valence-corrected chi connectivity index (χ3v) is 4.37. The van der Waals surface area contributed by atoms with Crippen LogP contribution in [0, 0.1) is 0 Å². The van der Waals surface area contributed by atoms with Crippen LogP contribution in [0.25, 0.3) is 22.3 Å². The molecule has 2 aromatic carbocycles. The Hall–Kier alpha value is -5.00. The van der Waals surface area contributed by atoms with Crippen LogP contribution in [0.15, 0.2) is 39.5 Å². The van der Waals surface area contributed by atoms with E-state index in [1.165, 1.54) is 31.2 Å². The highest BCUT2D eigenvalue weighted by Crippen LogP contribution is 2.41. The Kier molecular flexibility index (Phi) is 7.71. The van der Waals surface area contributed by atoms with E-state index in [-0.39, 0.29) is 45.3 Å². The van der Waals surface area contributed by atoms with Crippen molar-refractivity contribution in [2.24, 2.45) is 0 Å². The maximum atomic E-state index is 13.5. The van der Waals surface area contributed by atoms with Crippen molar-refractivity contribution in [3.8, 4) is 40.1 Å². The number of fused-ring (bicyclic) bond motifs is 1. The van der Waals surface area contributed by atoms with Crippen LogP contribution in [0.1, 0.15) is 34.6 Å². The number of esters is 5. The molecule has 0 amide bonds. The second kappa shape index (κ2) is 10.7. The van der Waals surface area contributed by atoms with Gasteiger partial charge in [0, 0.05) is 52.8 Å². The van der Waals surface area contributed by atoms with E-state index in [0.717, 1.165) is 33.8 Å². The summed E-state index contributed by atoms with van der Waals surface area (Å²) in [5, 5.41) is -0.295. The first-order valence-corrected chi connectivity index (χ1v) is 10.6. The van der Waals surface area contributed by atoms with E-state index in [0.29, 0.717) is 0 Å². The minimum absolute atomic E-state index is 0.0129. The molecule has 0 spiro atoms. The van der Waals surface area contributed by atoms with Crippen LogP contribution in [-0.2, 0) is 24.0 Å². The molecule has 1 aromatic heterocycles. The molecule has 0 saturated heterocycles. The molecule has 0 N–H and O–H groups in total. The second-order valence-electron chi connectivity index (χ2n) is 7.51. The van der Waals surface area contributed by atoms with E-state index in [1.807, 2.05) is 0 Å². The minimum Gasteiger partial charge on any atom is -0.451 e. The van der Waals surface area contributed by atoms with Crippen molar-refractivity contribution in [2.45, 2.75) is 34.6 Å². The van der Waals surface area contributed by atoms with Gasteiger partial charge < -0.3 is 28.1 Å². The normalized spacial score (nSPS) is 10.4. The topological polar surface area (TPSA) is 162 Å². The molecule has 12 nitrogen and oxygen atoms in total. The van der Waals surface area contributed by atoms with Gasteiger partial charge in [0.05, 0.1) is 5.56 Å². The van der Waals surface area contributed by atoms with E-state index in [1.54, 1.807) is 0 Å². The molecular weight excluding hydrogens is 492 g/mol. The third kappa shape index (κ3) is 6.36. The molecule has 0 aliphatic carbocycles. The standard InChI is InChI=1S/C25H20O12/c1-11(26)32-16-6-7-18(19(8-16)34-13(3)28)24-25(36-15(5)30)23(31)22-20(35-14(4)29)9-17(33-12(2)27)10-21(22)37-24/h6-10H,1-5H3. The van der Waals surface area contributed by atoms with Gasteiger partial charge in [-0.1, -0.05) is 0 Å². The van der Waals surface area contributed by atoms with Crippen LogP contribution in [0.5, 0.6) is 28.7 Å². The lowest BCUT2D eigenvalue weighted by Crippen LogP contribution is -2.15. The van der Waals surface area contributed by atoms with E-state index in [9.17, 15) is 28.8 Å². The molecular formula is C25H20O12. The Bertz CT molecular complexity index is 1510. The van der Waals surface area contributed by atoms with Crippen LogP contribution >= 0.6 is 0 Å². The fourth-order valence-corrected chi connectivity index (χ4v) is 3.28. The summed E-state index contributed by atoms with van der Waals surface area (Å²) in [6.07, 6.45) is 0. The lowest BCUT2D eigenvalue weighted by atomic mass is 10.1. The van der Waals surface area contributed by atoms with Crippen molar-refractivity contribution in [3.63, 3.8) is 0 Å². The summed E-state index contributed by atoms with van der Waals surface area (Å²) < 4.78 is 31.4. The highest BCUT2D eigenvalue weighted by atomic mass is 16.6. The molecule has 3 rings (SSSR count). The molecule has 0 bridgehead atoms. The van der Waals surface area contributed by atoms with Crippen LogP contribution in [0.3, 0.4) is 0 Å². The average Bonchev–Trinajstić information content (AvgIpc) is 2.73. The molecule has 0 atom stereocenters. The van der Waals surface area contributed by atoms with Crippen molar-refractivity contribution in [3.05, 3.63) is 40.6 Å². The molecule has 192 valence electrons. The maximum Gasteiger partial charge on any atom is 0.308 e. The molecule has 1 heterocycles. The molecule has 0 unspecified atom stereocenters. The zero-order valence-electron chi connectivity index (χ0n) is 20.3. The predicted octanol–water partition coefficient (Wildman–Crippen LogP) is 3.09. The minimum atomic E-state index is -0.921. The Balaban J connectivity index is 2.42. The summed E-state index contributed by atoms with van der Waals surface area (Å²) in [5.74, 6) is -5.36. The Labute approximate surface area is 208 Å². The summed E-state index contributed by atoms with van der Waals surface area (Å²) in [4.78, 5) is 71.7. The number of rotatable bonds is 6. The van der Waals surface area contributed by atoms with Gasteiger partial charge in [0.1, 0.15) is 34.0 Å². The molecule has 0 radical (unpaired) electrons. The first kappa shape index (κ1) is 26.6. The first-order chi connectivity index (χ1) is 17.3. The SMILES string of the molecule is CC(=O)Oc1ccc(-c2oc3cc(OC(C)=O)cc(OC(C)=O)c3c(=O)c2OC(C)=O)c(OC(C)=O)c1. The van der Waals surface area contributed by atoms with Gasteiger partial charge in [-0.05, 0) is 12.1 Å². The molecule has 0 fully saturated rings. The van der Waals surface area contributed by atoms with Crippen molar-refractivity contribution in [1.29, 1.82) is 0 Å². The number of hydrogen-bond acceptors (Lipinski definition) is 12. The quantitative estimate of drug-likeness (QED) is 0.351. The monoisotopic (exact) mass is 512 g/mol. The van der Waals surface area contributed by atoms with E-state index in [4.69, 9.17) is 28.1 Å². The number of carbonyl (C=O) groups excluding carboxylic acids is 5. The van der Waals surface area contributed by atoms with Gasteiger partial charge in [0.25, 0.3) is 0 Å². The molecule has 0 saturated carbocycles. The fourth-order valence-electron chi connectivity index (χ4n) is 3.28. The highest BCUT2D eigenvalue weighted by Gasteiger charge is 2.26. The van der Waals surface area contributed by atoms with Crippen molar-refractivity contribution in [2.75, 3.05) is 0 Å². The third-order valence-electron chi connectivity index (χ3n) is 4.37. The summed E-state index contributed by atoms with van der Waals surface area (Å²) in [7, 11) is 0. The van der Waals surface area contributed by atoms with Crippen molar-refractivity contribution >= 4 is 40.8 Å². The number of carbonyl (C=O) groups is 5. The predicted molar refractivity (Wildman–Crippen MR) is 124 cm³/mol. The number of benzene rings is 2. The van der Waals surface area contributed by atoms with Gasteiger partial charge in [-0.2, -0.15) is 0 Å². The van der Waals surface area contributed by atoms with E-state index >= 15 is 0 Å². The second-order valence-corrected chi connectivity index (χ2v) is 7.51. The van der Waals surface area contributed by atoms with Gasteiger partial charge in [-0.3, -0.25) is 28.8 Å². The molecule has 0 aliphatic rings. The summed E-state index contributed by atoms with van der Waals surface area (Å²) in [5.41, 5.74) is -1.17. The average molecular weight is 512 g/mol. The van der Waals surface area contributed by atoms with Crippen molar-refractivity contribution < 1.29 is 52.1 Å². The van der Waals surface area contributed by atoms with Gasteiger partial charge >= 0.3 is 29.8 Å². The smallest absolute Gasteiger partial charge is 0.308 e. The number of hydrogen-bond donors (Lipinski definition) is 0. The fraction of sp³-hybridized carbons (Fsp3) is 0.200. The zero-order chi connectivity index (χ0) is 27.4. The molecule has 3 aromatic rings. The van der Waals surface area contributed by atoms with E-state index < -0.39 is 41.0 Å². The first-order valence-electron chi connectivity index (χ1n) is 10.6. The van der Waals surface area contributed by atoms with Crippen LogP contribution in [0.2, 0.25) is 0 Å². The maximum absolute atomic E-state index is 13.5. The van der Waals surface area contributed by atoms with Crippen LogP contribution in [0.4, 0.5) is 0 Å². The Morgan fingerprint density at radius 2 is 1.14 bits per heavy atom. The van der Waals surface area contributed by atoms with Crippen LogP contribution in [-0.4, -0.2) is 29.8 Å². The molecule has 37 heavy (non-hydrogen) atoms. The van der Waals surface area contributed by atoms with E-state index in [2.05, 4.69) is 0 Å². The zero-order valence-corrected chi connectivity index (χ0v) is 20.3. The highest BCUT2D eigenvalue weighted by molar-refractivity contribution is 5.92. The Morgan fingerprint density at radius 3 is 1.70 bits per heavy atom. The lowest BCUT2D eigenvalue weighted by Gasteiger charge is -2.15. The molecule has 12 heteroatoms. The van der Waals surface area contributed by atoms with Crippen LogP contribution < -0.4 is 29.1 Å². The van der Waals surface area contributed by atoms with Gasteiger partial charge in [0.2, 0.25) is 11.2 Å². The Morgan fingerprint density at radius 1 is 0.622 bits per heavy atom. The van der Waals surface area contributed by atoms with Crippen molar-refractivity contribution in [1.82, 2.24) is 0 Å². The summed E-state index contributed by atoms with van der Waals surface area (Å²) in [6, 6.07) is 6.13. The lowest BCUT2D eigenvalue weighted by molar-refractivity contribution is -0.133. The van der Waals surface area contributed by atoms with Gasteiger partial charge in [0.15, 0.2) is 5.76 Å². The van der Waals surface area contributed by atoms with Gasteiger partial charge in [-0.15, -0.1) is 0 Å². The summed E-state index contributed by atoms with van der Waals surface area (Å²) >= 11 is 0. The number of ether oxygens (including phenoxy) is 5. The largest absolute Gasteiger partial charge is 0.451 e. The molecule has 0 aliphatic heterocycles. The van der Waals surface area contributed by atoms with Gasteiger partial charge in [-0.25, -0.2) is 0 Å².